The van der Waals surface area contributed by atoms with E-state index in [1.54, 1.807) is 6.20 Å². The molecule has 3 nitrogen and oxygen atoms in total. The molecule has 1 aliphatic heterocycles. The molecule has 2 heterocycles. The van der Waals surface area contributed by atoms with Gasteiger partial charge >= 0.3 is 0 Å². The standard InChI is InChI=1S/C11H13N3/c12-5-8-14-7-2-4-11(14)10-3-1-6-13-9-10/h1,3,6,9,11H,2,4,7-8H2/t11-/m0/s1. The van der Waals surface area contributed by atoms with Crippen LogP contribution in [0.2, 0.25) is 0 Å². The van der Waals surface area contributed by atoms with Gasteiger partial charge in [-0.05, 0) is 31.0 Å². The fraction of sp³-hybridized carbons (Fsp3) is 0.455. The Hall–Kier alpha value is -1.40. The molecule has 1 atom stereocenters. The van der Waals surface area contributed by atoms with Crippen LogP contribution >= 0.6 is 0 Å². The Morgan fingerprint density at radius 3 is 3.29 bits per heavy atom. The second-order valence-electron chi connectivity index (χ2n) is 3.57. The number of aromatic nitrogens is 1. The SMILES string of the molecule is N#CCN1CCC[C@H]1c1cccnc1. The van der Waals surface area contributed by atoms with Crippen LogP contribution in [0.3, 0.4) is 0 Å². The maximum Gasteiger partial charge on any atom is 0.0871 e. The summed E-state index contributed by atoms with van der Waals surface area (Å²) in [6, 6.07) is 6.67. The van der Waals surface area contributed by atoms with Crippen LogP contribution in [0, 0.1) is 11.3 Å². The van der Waals surface area contributed by atoms with Crippen molar-refractivity contribution < 1.29 is 0 Å². The first-order valence-corrected chi connectivity index (χ1v) is 4.93. The van der Waals surface area contributed by atoms with E-state index in [0.29, 0.717) is 12.6 Å². The molecule has 0 spiro atoms. The first-order valence-electron chi connectivity index (χ1n) is 4.93. The summed E-state index contributed by atoms with van der Waals surface area (Å²) in [5, 5.41) is 8.68. The molecule has 0 aliphatic carbocycles. The Balaban J connectivity index is 2.14. The maximum atomic E-state index is 8.68. The van der Waals surface area contributed by atoms with Gasteiger partial charge in [0.25, 0.3) is 0 Å². The van der Waals surface area contributed by atoms with Crippen molar-refractivity contribution in [1.29, 1.82) is 5.26 Å². The van der Waals surface area contributed by atoms with Crippen molar-refractivity contribution >= 4 is 0 Å². The van der Waals surface area contributed by atoms with Gasteiger partial charge < -0.3 is 0 Å². The molecule has 3 heteroatoms. The first kappa shape index (κ1) is 9.17. The number of nitrogens with zero attached hydrogens (tertiary/aromatic N) is 3. The normalized spacial score (nSPS) is 22.1. The highest BCUT2D eigenvalue weighted by Crippen LogP contribution is 2.30. The highest BCUT2D eigenvalue weighted by atomic mass is 15.2. The Morgan fingerprint density at radius 2 is 2.57 bits per heavy atom. The minimum Gasteiger partial charge on any atom is -0.283 e. The molecule has 1 aliphatic rings. The van der Waals surface area contributed by atoms with Gasteiger partial charge in [-0.15, -0.1) is 0 Å². The number of hydrogen-bond donors (Lipinski definition) is 0. The van der Waals surface area contributed by atoms with Crippen LogP contribution in [0.5, 0.6) is 0 Å². The van der Waals surface area contributed by atoms with E-state index in [4.69, 9.17) is 5.26 Å². The summed E-state index contributed by atoms with van der Waals surface area (Å²) in [4.78, 5) is 6.33. The monoisotopic (exact) mass is 187 g/mol. The zero-order valence-electron chi connectivity index (χ0n) is 8.06. The molecule has 0 amide bonds. The van der Waals surface area contributed by atoms with Crippen LogP contribution in [-0.2, 0) is 0 Å². The smallest absolute Gasteiger partial charge is 0.0871 e. The summed E-state index contributed by atoms with van der Waals surface area (Å²) < 4.78 is 0. The molecule has 0 unspecified atom stereocenters. The number of hydrogen-bond acceptors (Lipinski definition) is 3. The average Bonchev–Trinajstić information content (AvgIpc) is 2.68. The van der Waals surface area contributed by atoms with Gasteiger partial charge in [-0.2, -0.15) is 5.26 Å². The second-order valence-corrected chi connectivity index (χ2v) is 3.57. The van der Waals surface area contributed by atoms with Crippen molar-refractivity contribution in [2.45, 2.75) is 18.9 Å². The van der Waals surface area contributed by atoms with Gasteiger partial charge in [-0.3, -0.25) is 9.88 Å². The summed E-state index contributed by atoms with van der Waals surface area (Å²) in [5.41, 5.74) is 1.24. The van der Waals surface area contributed by atoms with Gasteiger partial charge in [0.15, 0.2) is 0 Å². The summed E-state index contributed by atoms with van der Waals surface area (Å²) in [6.45, 7) is 1.56. The molecular formula is C11H13N3. The van der Waals surface area contributed by atoms with Gasteiger partial charge in [0.2, 0.25) is 0 Å². The van der Waals surface area contributed by atoms with E-state index in [1.165, 1.54) is 12.0 Å². The van der Waals surface area contributed by atoms with E-state index in [1.807, 2.05) is 12.3 Å². The zero-order valence-corrected chi connectivity index (χ0v) is 8.06. The average molecular weight is 187 g/mol. The van der Waals surface area contributed by atoms with Crippen molar-refractivity contribution in [2.24, 2.45) is 0 Å². The minimum absolute atomic E-state index is 0.406. The van der Waals surface area contributed by atoms with Gasteiger partial charge in [-0.1, -0.05) is 6.07 Å². The Labute approximate surface area is 84.0 Å². The molecule has 14 heavy (non-hydrogen) atoms. The molecule has 0 saturated carbocycles. The molecule has 1 aromatic rings. The number of nitriles is 1. The van der Waals surface area contributed by atoms with Gasteiger partial charge in [0.1, 0.15) is 0 Å². The van der Waals surface area contributed by atoms with Crippen LogP contribution in [0.15, 0.2) is 24.5 Å². The van der Waals surface area contributed by atoms with Crippen molar-refractivity contribution in [2.75, 3.05) is 13.1 Å². The molecule has 1 saturated heterocycles. The molecule has 0 N–H and O–H groups in total. The van der Waals surface area contributed by atoms with E-state index >= 15 is 0 Å². The summed E-state index contributed by atoms with van der Waals surface area (Å²) in [7, 11) is 0. The zero-order chi connectivity index (χ0) is 9.80. The van der Waals surface area contributed by atoms with E-state index in [9.17, 15) is 0 Å². The molecule has 0 radical (unpaired) electrons. The molecule has 0 aromatic carbocycles. The van der Waals surface area contributed by atoms with Crippen LogP contribution in [0.25, 0.3) is 0 Å². The number of pyridine rings is 1. The number of rotatable bonds is 2. The lowest BCUT2D eigenvalue weighted by Gasteiger charge is -2.21. The molecule has 72 valence electrons. The lowest BCUT2D eigenvalue weighted by molar-refractivity contribution is 0.288. The lowest BCUT2D eigenvalue weighted by atomic mass is 10.1. The van der Waals surface area contributed by atoms with Gasteiger partial charge in [0.05, 0.1) is 12.6 Å². The minimum atomic E-state index is 0.406. The van der Waals surface area contributed by atoms with Crippen molar-refractivity contribution in [3.05, 3.63) is 30.1 Å². The third kappa shape index (κ3) is 1.75. The van der Waals surface area contributed by atoms with Crippen LogP contribution in [0.4, 0.5) is 0 Å². The van der Waals surface area contributed by atoms with Crippen LogP contribution < -0.4 is 0 Å². The van der Waals surface area contributed by atoms with Crippen molar-refractivity contribution in [3.8, 4) is 6.07 Å². The van der Waals surface area contributed by atoms with E-state index < -0.39 is 0 Å². The predicted octanol–water partition coefficient (Wildman–Crippen LogP) is 1.74. The topological polar surface area (TPSA) is 39.9 Å². The summed E-state index contributed by atoms with van der Waals surface area (Å²) in [5.74, 6) is 0. The fourth-order valence-corrected chi connectivity index (χ4v) is 2.06. The summed E-state index contributed by atoms with van der Waals surface area (Å²) in [6.07, 6.45) is 6.02. The van der Waals surface area contributed by atoms with Crippen molar-refractivity contribution in [3.63, 3.8) is 0 Å². The largest absolute Gasteiger partial charge is 0.283 e. The molecular weight excluding hydrogens is 174 g/mol. The van der Waals surface area contributed by atoms with E-state index in [2.05, 4.69) is 22.0 Å². The predicted molar refractivity (Wildman–Crippen MR) is 53.4 cm³/mol. The highest BCUT2D eigenvalue weighted by molar-refractivity contribution is 5.15. The third-order valence-electron chi connectivity index (χ3n) is 2.71. The molecule has 2 rings (SSSR count). The lowest BCUT2D eigenvalue weighted by Crippen LogP contribution is -2.23. The Kier molecular flexibility index (Phi) is 2.76. The third-order valence-corrected chi connectivity index (χ3v) is 2.71. The highest BCUT2D eigenvalue weighted by Gasteiger charge is 2.25. The number of likely N-dealkylation sites (tertiary alicyclic amines) is 1. The Morgan fingerprint density at radius 1 is 1.64 bits per heavy atom. The first-order chi connectivity index (χ1) is 6.92. The molecule has 1 fully saturated rings. The molecule has 1 aromatic heterocycles. The van der Waals surface area contributed by atoms with Crippen LogP contribution in [-0.4, -0.2) is 23.0 Å². The van der Waals surface area contributed by atoms with Crippen LogP contribution in [0.1, 0.15) is 24.4 Å². The molecule has 0 bridgehead atoms. The van der Waals surface area contributed by atoms with E-state index in [-0.39, 0.29) is 0 Å². The van der Waals surface area contributed by atoms with E-state index in [0.717, 1.165) is 13.0 Å². The quantitative estimate of drug-likeness (QED) is 0.662. The summed E-state index contributed by atoms with van der Waals surface area (Å²) >= 11 is 0. The fourth-order valence-electron chi connectivity index (χ4n) is 2.06. The van der Waals surface area contributed by atoms with Crippen molar-refractivity contribution in [1.82, 2.24) is 9.88 Å². The van der Waals surface area contributed by atoms with Gasteiger partial charge in [0, 0.05) is 18.4 Å². The second kappa shape index (κ2) is 4.21. The Bertz CT molecular complexity index is 328. The van der Waals surface area contributed by atoms with Gasteiger partial charge in [-0.25, -0.2) is 0 Å². The maximum absolute atomic E-state index is 8.68.